The van der Waals surface area contributed by atoms with Gasteiger partial charge in [-0.1, -0.05) is 6.07 Å². The van der Waals surface area contributed by atoms with E-state index >= 15 is 0 Å². The molecule has 122 valence electrons. The van der Waals surface area contributed by atoms with Crippen molar-refractivity contribution in [2.75, 3.05) is 19.7 Å². The number of likely N-dealkylation sites (tertiary alicyclic amines) is 1. The highest BCUT2D eigenvalue weighted by Gasteiger charge is 2.37. The fourth-order valence-corrected chi connectivity index (χ4v) is 2.77. The second kappa shape index (κ2) is 6.10. The van der Waals surface area contributed by atoms with Crippen molar-refractivity contribution in [2.24, 2.45) is 0 Å². The number of alkyl halides is 2. The molecule has 1 aliphatic rings. The van der Waals surface area contributed by atoms with Crippen molar-refractivity contribution in [1.29, 1.82) is 0 Å². The summed E-state index contributed by atoms with van der Waals surface area (Å²) in [7, 11) is 0. The van der Waals surface area contributed by atoms with E-state index < -0.39 is 18.4 Å². The predicted octanol–water partition coefficient (Wildman–Crippen LogP) is 3.18. The van der Waals surface area contributed by atoms with Crippen LogP contribution in [-0.2, 0) is 4.79 Å². The van der Waals surface area contributed by atoms with Gasteiger partial charge in [-0.2, -0.15) is 0 Å². The summed E-state index contributed by atoms with van der Waals surface area (Å²) in [6, 6.07) is 7.42. The largest absolute Gasteiger partial charge is 0.483 e. The zero-order valence-corrected chi connectivity index (χ0v) is 12.9. The molecule has 0 saturated carbocycles. The van der Waals surface area contributed by atoms with E-state index in [9.17, 15) is 13.6 Å². The minimum absolute atomic E-state index is 0.161. The Morgan fingerprint density at radius 1 is 1.39 bits per heavy atom. The molecular formula is C17H18F2N2O2. The fourth-order valence-electron chi connectivity index (χ4n) is 2.77. The van der Waals surface area contributed by atoms with Crippen LogP contribution in [0.2, 0.25) is 0 Å². The molecule has 6 heteroatoms. The molecule has 0 aliphatic carbocycles. The van der Waals surface area contributed by atoms with Gasteiger partial charge in [0.1, 0.15) is 5.75 Å². The van der Waals surface area contributed by atoms with Gasteiger partial charge in [-0.05, 0) is 37.1 Å². The van der Waals surface area contributed by atoms with Gasteiger partial charge in [0.05, 0.1) is 12.1 Å². The molecule has 0 N–H and O–H groups in total. The first-order chi connectivity index (χ1) is 10.9. The van der Waals surface area contributed by atoms with Crippen molar-refractivity contribution in [1.82, 2.24) is 9.88 Å². The monoisotopic (exact) mass is 320 g/mol. The first-order valence-electron chi connectivity index (χ1n) is 7.58. The van der Waals surface area contributed by atoms with Gasteiger partial charge >= 0.3 is 0 Å². The number of halogens is 2. The second-order valence-electron chi connectivity index (χ2n) is 5.89. The number of hydrogen-bond acceptors (Lipinski definition) is 3. The Hall–Kier alpha value is -2.24. The molecule has 2 heterocycles. The molecule has 1 aromatic carbocycles. The lowest BCUT2D eigenvalue weighted by molar-refractivity contribution is -0.143. The number of rotatable bonds is 3. The third kappa shape index (κ3) is 3.57. The van der Waals surface area contributed by atoms with E-state index in [1.807, 2.05) is 25.1 Å². The number of piperidine rings is 1. The molecule has 0 atom stereocenters. The highest BCUT2D eigenvalue weighted by Crippen LogP contribution is 2.27. The van der Waals surface area contributed by atoms with Gasteiger partial charge < -0.3 is 9.64 Å². The number of aryl methyl sites for hydroxylation is 1. The summed E-state index contributed by atoms with van der Waals surface area (Å²) in [6.45, 7) is 1.55. The first-order valence-corrected chi connectivity index (χ1v) is 7.58. The molecule has 0 unspecified atom stereocenters. The summed E-state index contributed by atoms with van der Waals surface area (Å²) in [5, 5.41) is 0.801. The van der Waals surface area contributed by atoms with Crippen LogP contribution in [0.1, 0.15) is 18.4 Å². The Balaban J connectivity index is 1.70. The highest BCUT2D eigenvalue weighted by atomic mass is 19.3. The summed E-state index contributed by atoms with van der Waals surface area (Å²) in [4.78, 5) is 17.5. The lowest BCUT2D eigenvalue weighted by Crippen LogP contribution is -2.47. The molecule has 1 aromatic heterocycles. The maximum absolute atomic E-state index is 13.4. The van der Waals surface area contributed by atoms with Gasteiger partial charge in [0.2, 0.25) is 0 Å². The summed E-state index contributed by atoms with van der Waals surface area (Å²) in [5.41, 5.74) is 1.85. The molecule has 1 aliphatic heterocycles. The number of aromatic nitrogens is 1. The zero-order valence-electron chi connectivity index (χ0n) is 12.9. The molecule has 23 heavy (non-hydrogen) atoms. The van der Waals surface area contributed by atoms with Crippen LogP contribution in [0.3, 0.4) is 0 Å². The number of carbonyl (C=O) groups excluding carboxylic acids is 1. The van der Waals surface area contributed by atoms with Crippen LogP contribution in [0.15, 0.2) is 30.5 Å². The van der Waals surface area contributed by atoms with Crippen LogP contribution in [-0.4, -0.2) is 41.4 Å². The van der Waals surface area contributed by atoms with Crippen molar-refractivity contribution in [3.8, 4) is 5.75 Å². The van der Waals surface area contributed by atoms with E-state index in [-0.39, 0.29) is 13.0 Å². The number of hydrogen-bond donors (Lipinski definition) is 0. The van der Waals surface area contributed by atoms with E-state index in [4.69, 9.17) is 4.74 Å². The first kappa shape index (κ1) is 15.6. The molecule has 4 nitrogen and oxygen atoms in total. The molecular weight excluding hydrogens is 302 g/mol. The lowest BCUT2D eigenvalue weighted by atomic mass is 10.1. The predicted molar refractivity (Wildman–Crippen MR) is 82.7 cm³/mol. The van der Waals surface area contributed by atoms with Crippen LogP contribution in [0, 0.1) is 6.92 Å². The van der Waals surface area contributed by atoms with Crippen molar-refractivity contribution >= 4 is 16.8 Å². The molecule has 3 rings (SSSR count). The smallest absolute Gasteiger partial charge is 0.265 e. The minimum atomic E-state index is -2.80. The third-order valence-corrected chi connectivity index (χ3v) is 3.95. The zero-order chi connectivity index (χ0) is 16.4. The maximum atomic E-state index is 13.4. The number of carbonyl (C=O) groups is 1. The Morgan fingerprint density at radius 3 is 3.00 bits per heavy atom. The number of nitrogens with zero attached hydrogens (tertiary/aromatic N) is 2. The quantitative estimate of drug-likeness (QED) is 0.872. The maximum Gasteiger partial charge on any atom is 0.265 e. The average Bonchev–Trinajstić information content (AvgIpc) is 2.51. The fraction of sp³-hybridized carbons (Fsp3) is 0.412. The van der Waals surface area contributed by atoms with E-state index in [0.29, 0.717) is 18.7 Å². The van der Waals surface area contributed by atoms with Gasteiger partial charge in [0.25, 0.3) is 11.8 Å². The average molecular weight is 320 g/mol. The van der Waals surface area contributed by atoms with Crippen LogP contribution < -0.4 is 4.74 Å². The van der Waals surface area contributed by atoms with Gasteiger partial charge in [-0.3, -0.25) is 9.78 Å². The van der Waals surface area contributed by atoms with Crippen LogP contribution in [0.25, 0.3) is 10.9 Å². The van der Waals surface area contributed by atoms with Crippen molar-refractivity contribution in [2.45, 2.75) is 25.7 Å². The van der Waals surface area contributed by atoms with E-state index in [1.165, 1.54) is 4.90 Å². The van der Waals surface area contributed by atoms with Gasteiger partial charge in [0, 0.05) is 24.5 Å². The van der Waals surface area contributed by atoms with Crippen LogP contribution in [0.4, 0.5) is 8.78 Å². The van der Waals surface area contributed by atoms with Crippen molar-refractivity contribution in [3.63, 3.8) is 0 Å². The van der Waals surface area contributed by atoms with E-state index in [0.717, 1.165) is 16.5 Å². The van der Waals surface area contributed by atoms with Gasteiger partial charge in [0.15, 0.2) is 6.61 Å². The molecule has 1 saturated heterocycles. The Morgan fingerprint density at radius 2 is 2.22 bits per heavy atom. The standard InChI is InChI=1S/C17H18F2N2O2/c1-12-3-4-13-14(9-12)20-7-5-15(13)23-10-16(22)21-8-2-6-17(18,19)11-21/h3-5,7,9H,2,6,8,10-11H2,1H3. The Labute approximate surface area is 133 Å². The van der Waals surface area contributed by atoms with Crippen molar-refractivity contribution in [3.05, 3.63) is 36.0 Å². The normalized spacial score (nSPS) is 17.3. The number of pyridine rings is 1. The number of benzene rings is 1. The van der Waals surface area contributed by atoms with E-state index in [2.05, 4.69) is 4.98 Å². The van der Waals surface area contributed by atoms with Gasteiger partial charge in [-0.15, -0.1) is 0 Å². The number of amides is 1. The van der Waals surface area contributed by atoms with Crippen molar-refractivity contribution < 1.29 is 18.3 Å². The number of ether oxygens (including phenoxy) is 1. The highest BCUT2D eigenvalue weighted by molar-refractivity contribution is 5.86. The second-order valence-corrected chi connectivity index (χ2v) is 5.89. The van der Waals surface area contributed by atoms with E-state index in [1.54, 1.807) is 12.3 Å². The molecule has 0 bridgehead atoms. The Bertz CT molecular complexity index is 734. The van der Waals surface area contributed by atoms with Gasteiger partial charge in [-0.25, -0.2) is 8.78 Å². The summed E-state index contributed by atoms with van der Waals surface area (Å²) >= 11 is 0. The van der Waals surface area contributed by atoms with Crippen LogP contribution >= 0.6 is 0 Å². The summed E-state index contributed by atoms with van der Waals surface area (Å²) in [5.74, 6) is -2.68. The third-order valence-electron chi connectivity index (χ3n) is 3.95. The molecule has 2 aromatic rings. The molecule has 1 fully saturated rings. The van der Waals surface area contributed by atoms with Crippen LogP contribution in [0.5, 0.6) is 5.75 Å². The molecule has 0 spiro atoms. The SMILES string of the molecule is Cc1ccc2c(OCC(=O)N3CCCC(F)(F)C3)ccnc2c1. The Kier molecular flexibility index (Phi) is 4.15. The summed E-state index contributed by atoms with van der Waals surface area (Å²) in [6.07, 6.45) is 1.76. The summed E-state index contributed by atoms with van der Waals surface area (Å²) < 4.78 is 32.3. The minimum Gasteiger partial charge on any atom is -0.483 e. The lowest BCUT2D eigenvalue weighted by Gasteiger charge is -2.32. The number of fused-ring (bicyclic) bond motifs is 1. The molecule has 1 amide bonds. The molecule has 0 radical (unpaired) electrons. The topological polar surface area (TPSA) is 42.4 Å².